The molecule has 0 N–H and O–H groups in total. The normalized spacial score (nSPS) is 14.9. The van der Waals surface area contributed by atoms with Crippen LogP contribution in [0.15, 0.2) is 72.8 Å². The highest BCUT2D eigenvalue weighted by Gasteiger charge is 2.29. The summed E-state index contributed by atoms with van der Waals surface area (Å²) in [5.41, 5.74) is 1.46. The van der Waals surface area contributed by atoms with Gasteiger partial charge in [-0.1, -0.05) is 60.7 Å². The first-order valence-electron chi connectivity index (χ1n) is 7.80. The first-order valence-corrected chi connectivity index (χ1v) is 9.13. The van der Waals surface area contributed by atoms with Gasteiger partial charge in [-0.2, -0.15) is 0 Å². The number of rotatable bonds is 0. The minimum Gasteiger partial charge on any atom is -0.352 e. The molecule has 0 unspecified atom stereocenters. The monoisotopic (exact) mass is 348 g/mol. The first-order chi connectivity index (χ1) is 12.1. The summed E-state index contributed by atoms with van der Waals surface area (Å²) >= 11 is 0. The summed E-state index contributed by atoms with van der Waals surface area (Å²) in [6.07, 6.45) is 0. The van der Waals surface area contributed by atoms with Crippen LogP contribution in [0.3, 0.4) is 0 Å². The summed E-state index contributed by atoms with van der Waals surface area (Å²) in [5.74, 6) is 0.544. The summed E-state index contributed by atoms with van der Waals surface area (Å²) in [6, 6.07) is 22.7. The standard InChI is InChI=1S/C20H12O4S/c21-25(22)23-17-11-9-13-5-1-3-7-15(13)19(17)20-16-8-4-2-6-14(16)10-12-18(20)24-25/h1-12H. The lowest BCUT2D eigenvalue weighted by molar-refractivity contribution is 0.398. The second kappa shape index (κ2) is 4.97. The molecule has 0 bridgehead atoms. The molecule has 1 aliphatic rings. The van der Waals surface area contributed by atoms with E-state index in [1.54, 1.807) is 12.1 Å². The largest absolute Gasteiger partial charge is 0.501 e. The zero-order valence-corrected chi connectivity index (χ0v) is 13.8. The number of fused-ring (bicyclic) bond motifs is 7. The molecule has 0 aromatic heterocycles. The van der Waals surface area contributed by atoms with Gasteiger partial charge >= 0.3 is 10.4 Å². The van der Waals surface area contributed by atoms with Crippen LogP contribution in [0.4, 0.5) is 0 Å². The van der Waals surface area contributed by atoms with Crippen LogP contribution in [0.2, 0.25) is 0 Å². The van der Waals surface area contributed by atoms with Crippen molar-refractivity contribution in [3.8, 4) is 22.6 Å². The lowest BCUT2D eigenvalue weighted by Gasteiger charge is -2.12. The molecular weight excluding hydrogens is 336 g/mol. The fraction of sp³-hybridized carbons (Fsp3) is 0. The molecule has 0 saturated heterocycles. The molecule has 25 heavy (non-hydrogen) atoms. The predicted molar refractivity (Wildman–Crippen MR) is 97.1 cm³/mol. The van der Waals surface area contributed by atoms with Crippen molar-refractivity contribution in [3.05, 3.63) is 72.8 Å². The molecular formula is C20H12O4S. The molecule has 0 saturated carbocycles. The van der Waals surface area contributed by atoms with Crippen LogP contribution in [0.25, 0.3) is 32.7 Å². The van der Waals surface area contributed by atoms with Crippen LogP contribution in [0.1, 0.15) is 0 Å². The van der Waals surface area contributed by atoms with E-state index in [0.29, 0.717) is 0 Å². The van der Waals surface area contributed by atoms with E-state index in [2.05, 4.69) is 0 Å². The fourth-order valence-corrected chi connectivity index (χ4v) is 4.15. The van der Waals surface area contributed by atoms with E-state index in [1.165, 1.54) is 0 Å². The summed E-state index contributed by atoms with van der Waals surface area (Å²) in [5, 5.41) is 3.84. The average molecular weight is 348 g/mol. The third-order valence-corrected chi connectivity index (χ3v) is 5.18. The zero-order chi connectivity index (χ0) is 17.0. The van der Waals surface area contributed by atoms with Crippen molar-refractivity contribution in [1.29, 1.82) is 0 Å². The highest BCUT2D eigenvalue weighted by atomic mass is 32.3. The smallest absolute Gasteiger partial charge is 0.352 e. The van der Waals surface area contributed by atoms with Crippen molar-refractivity contribution in [1.82, 2.24) is 0 Å². The van der Waals surface area contributed by atoms with E-state index in [0.717, 1.165) is 32.7 Å². The maximum atomic E-state index is 12.2. The van der Waals surface area contributed by atoms with Crippen LogP contribution in [0, 0.1) is 0 Å². The van der Waals surface area contributed by atoms with Gasteiger partial charge in [0.15, 0.2) is 11.5 Å². The average Bonchev–Trinajstić information content (AvgIpc) is 2.73. The van der Waals surface area contributed by atoms with Gasteiger partial charge in [0, 0.05) is 11.1 Å². The van der Waals surface area contributed by atoms with Crippen molar-refractivity contribution in [2.75, 3.05) is 0 Å². The van der Waals surface area contributed by atoms with Gasteiger partial charge in [0.05, 0.1) is 0 Å². The van der Waals surface area contributed by atoms with Gasteiger partial charge in [0.25, 0.3) is 0 Å². The second-order valence-corrected chi connectivity index (χ2v) is 7.04. The summed E-state index contributed by atoms with van der Waals surface area (Å²) in [6.45, 7) is 0. The van der Waals surface area contributed by atoms with Gasteiger partial charge in [0.2, 0.25) is 0 Å². The van der Waals surface area contributed by atoms with E-state index in [4.69, 9.17) is 8.37 Å². The van der Waals surface area contributed by atoms with Crippen LogP contribution in [0.5, 0.6) is 11.5 Å². The molecule has 0 atom stereocenters. The van der Waals surface area contributed by atoms with E-state index in [1.807, 2.05) is 60.7 Å². The number of hydrogen-bond acceptors (Lipinski definition) is 4. The number of hydrogen-bond donors (Lipinski definition) is 0. The molecule has 122 valence electrons. The van der Waals surface area contributed by atoms with Gasteiger partial charge in [0.1, 0.15) is 0 Å². The summed E-state index contributed by atoms with van der Waals surface area (Å²) in [4.78, 5) is 0. The Hall–Kier alpha value is -3.05. The Bertz CT molecular complexity index is 1170. The minimum absolute atomic E-state index is 0.272. The van der Waals surface area contributed by atoms with Crippen molar-refractivity contribution < 1.29 is 16.8 Å². The van der Waals surface area contributed by atoms with Gasteiger partial charge < -0.3 is 8.37 Å². The SMILES string of the molecule is O=S1(=O)Oc2ccc3ccccc3c2-c2c(ccc3ccccc23)O1. The Kier molecular flexibility index (Phi) is 2.85. The van der Waals surface area contributed by atoms with Crippen molar-refractivity contribution in [3.63, 3.8) is 0 Å². The molecule has 4 aromatic rings. The highest BCUT2D eigenvalue weighted by molar-refractivity contribution is 7.82. The molecule has 1 heterocycles. The quantitative estimate of drug-likeness (QED) is 0.463. The Morgan fingerprint density at radius 3 is 1.48 bits per heavy atom. The molecule has 5 rings (SSSR count). The molecule has 0 radical (unpaired) electrons. The zero-order valence-electron chi connectivity index (χ0n) is 13.0. The lowest BCUT2D eigenvalue weighted by Crippen LogP contribution is -2.15. The predicted octanol–water partition coefficient (Wildman–Crippen LogP) is 4.68. The number of benzene rings is 4. The van der Waals surface area contributed by atoms with Gasteiger partial charge in [-0.05, 0) is 33.7 Å². The van der Waals surface area contributed by atoms with Crippen molar-refractivity contribution >= 4 is 31.9 Å². The first kappa shape index (κ1) is 14.3. The van der Waals surface area contributed by atoms with Crippen LogP contribution < -0.4 is 8.37 Å². The topological polar surface area (TPSA) is 52.6 Å². The summed E-state index contributed by atoms with van der Waals surface area (Å²) < 4.78 is 34.9. The van der Waals surface area contributed by atoms with E-state index >= 15 is 0 Å². The maximum absolute atomic E-state index is 12.2. The molecule has 4 aromatic carbocycles. The van der Waals surface area contributed by atoms with Crippen molar-refractivity contribution in [2.24, 2.45) is 0 Å². The fourth-order valence-electron chi connectivity index (χ4n) is 3.39. The third kappa shape index (κ3) is 2.16. The minimum atomic E-state index is -4.18. The van der Waals surface area contributed by atoms with E-state index in [9.17, 15) is 8.42 Å². The molecule has 0 amide bonds. The molecule has 0 aliphatic carbocycles. The summed E-state index contributed by atoms with van der Waals surface area (Å²) in [7, 11) is -4.18. The van der Waals surface area contributed by atoms with Gasteiger partial charge in [-0.3, -0.25) is 0 Å². The van der Waals surface area contributed by atoms with Crippen LogP contribution in [-0.4, -0.2) is 8.42 Å². The maximum Gasteiger partial charge on any atom is 0.501 e. The molecule has 4 nitrogen and oxygen atoms in total. The molecule has 0 fully saturated rings. The van der Waals surface area contributed by atoms with Crippen LogP contribution >= 0.6 is 0 Å². The Morgan fingerprint density at radius 2 is 1.00 bits per heavy atom. The lowest BCUT2D eigenvalue weighted by atomic mass is 9.92. The second-order valence-electron chi connectivity index (χ2n) is 5.89. The van der Waals surface area contributed by atoms with E-state index < -0.39 is 10.4 Å². The van der Waals surface area contributed by atoms with Gasteiger partial charge in [-0.25, -0.2) is 0 Å². The van der Waals surface area contributed by atoms with Crippen LogP contribution in [-0.2, 0) is 10.4 Å². The van der Waals surface area contributed by atoms with E-state index in [-0.39, 0.29) is 11.5 Å². The van der Waals surface area contributed by atoms with Gasteiger partial charge in [-0.15, -0.1) is 8.42 Å². The van der Waals surface area contributed by atoms with Crippen molar-refractivity contribution in [2.45, 2.75) is 0 Å². The Labute approximate surface area is 144 Å². The molecule has 1 aliphatic heterocycles. The Morgan fingerprint density at radius 1 is 0.560 bits per heavy atom. The molecule has 0 spiro atoms. The molecule has 5 heteroatoms. The third-order valence-electron chi connectivity index (χ3n) is 4.42. The Balaban J connectivity index is 2.04. The highest BCUT2D eigenvalue weighted by Crippen LogP contribution is 2.47.